The van der Waals surface area contributed by atoms with Crippen LogP contribution < -0.4 is 5.32 Å². The number of hydrogen-bond acceptors (Lipinski definition) is 7. The molecule has 25 heavy (non-hydrogen) atoms. The van der Waals surface area contributed by atoms with Gasteiger partial charge in [0.2, 0.25) is 10.0 Å². The molecule has 2 fully saturated rings. The summed E-state index contributed by atoms with van der Waals surface area (Å²) < 4.78 is 30.5. The Morgan fingerprint density at radius 1 is 1.48 bits per heavy atom. The SMILES string of the molecule is COCCN1C(=O)[C@@H]2C[C@H](NC(=O)c3cccs3)CN2CCS1(=O)=O. The lowest BCUT2D eigenvalue weighted by Gasteiger charge is -2.23. The largest absolute Gasteiger partial charge is 0.383 e. The van der Waals surface area contributed by atoms with E-state index in [0.717, 1.165) is 4.31 Å². The highest BCUT2D eigenvalue weighted by molar-refractivity contribution is 7.89. The number of nitrogens with zero attached hydrogens (tertiary/aromatic N) is 2. The standard InChI is InChI=1S/C15H21N3O5S2/c1-23-6-4-18-15(20)12-9-11(10-17(12)5-8-25(18,21)22)16-14(19)13-3-2-7-24-13/h2-3,7,11-12H,4-6,8-10H2,1H3,(H,16,19)/t11-,12-/m0/s1. The van der Waals surface area contributed by atoms with Crippen LogP contribution in [0.15, 0.2) is 17.5 Å². The number of rotatable bonds is 5. The fourth-order valence-electron chi connectivity index (χ4n) is 3.25. The van der Waals surface area contributed by atoms with Crippen LogP contribution in [-0.4, -0.2) is 80.6 Å². The molecule has 2 amide bonds. The van der Waals surface area contributed by atoms with Crippen molar-refractivity contribution in [3.8, 4) is 0 Å². The van der Waals surface area contributed by atoms with Crippen molar-refractivity contribution in [1.29, 1.82) is 0 Å². The maximum Gasteiger partial charge on any atom is 0.261 e. The van der Waals surface area contributed by atoms with Crippen molar-refractivity contribution in [2.75, 3.05) is 39.1 Å². The van der Waals surface area contributed by atoms with Gasteiger partial charge in [-0.15, -0.1) is 11.3 Å². The van der Waals surface area contributed by atoms with Gasteiger partial charge in [-0.05, 0) is 17.9 Å². The molecule has 0 spiro atoms. The Labute approximate surface area is 150 Å². The molecule has 3 heterocycles. The topological polar surface area (TPSA) is 96.0 Å². The van der Waals surface area contributed by atoms with Gasteiger partial charge >= 0.3 is 0 Å². The van der Waals surface area contributed by atoms with Gasteiger partial charge < -0.3 is 10.1 Å². The van der Waals surface area contributed by atoms with Crippen molar-refractivity contribution in [2.24, 2.45) is 0 Å². The summed E-state index contributed by atoms with van der Waals surface area (Å²) in [6.45, 7) is 0.944. The number of nitrogens with one attached hydrogen (secondary N) is 1. The van der Waals surface area contributed by atoms with Crippen LogP contribution in [0.1, 0.15) is 16.1 Å². The first-order chi connectivity index (χ1) is 11.9. The summed E-state index contributed by atoms with van der Waals surface area (Å²) in [4.78, 5) is 27.4. The third-order valence-corrected chi connectivity index (χ3v) is 7.09. The van der Waals surface area contributed by atoms with Gasteiger partial charge in [0, 0.05) is 26.2 Å². The zero-order valence-electron chi connectivity index (χ0n) is 13.9. The number of amides is 2. The Hall–Kier alpha value is -1.49. The molecule has 2 aliphatic heterocycles. The number of hydrogen-bond donors (Lipinski definition) is 1. The van der Waals surface area contributed by atoms with Gasteiger partial charge in [0.05, 0.1) is 29.8 Å². The van der Waals surface area contributed by atoms with Crippen LogP contribution in [0.5, 0.6) is 0 Å². The molecular weight excluding hydrogens is 366 g/mol. The van der Waals surface area contributed by atoms with E-state index in [-0.39, 0.29) is 37.4 Å². The predicted molar refractivity (Wildman–Crippen MR) is 92.9 cm³/mol. The minimum Gasteiger partial charge on any atom is -0.383 e. The molecule has 138 valence electrons. The van der Waals surface area contributed by atoms with Gasteiger partial charge in [0.15, 0.2) is 0 Å². The first kappa shape index (κ1) is 18.3. The van der Waals surface area contributed by atoms with E-state index in [2.05, 4.69) is 5.32 Å². The highest BCUT2D eigenvalue weighted by Gasteiger charge is 2.45. The van der Waals surface area contributed by atoms with E-state index in [1.54, 1.807) is 6.07 Å². The highest BCUT2D eigenvalue weighted by atomic mass is 32.2. The Balaban J connectivity index is 1.70. The lowest BCUT2D eigenvalue weighted by molar-refractivity contribution is -0.131. The van der Waals surface area contributed by atoms with Crippen molar-refractivity contribution in [3.63, 3.8) is 0 Å². The molecule has 0 aliphatic carbocycles. The maximum absolute atomic E-state index is 12.7. The molecule has 2 saturated heterocycles. The predicted octanol–water partition coefficient (Wildman–Crippen LogP) is -0.261. The van der Waals surface area contributed by atoms with Crippen molar-refractivity contribution >= 4 is 33.2 Å². The zero-order chi connectivity index (χ0) is 18.0. The normalized spacial score (nSPS) is 26.3. The number of ether oxygens (including phenoxy) is 1. The smallest absolute Gasteiger partial charge is 0.261 e. The number of sulfonamides is 1. The van der Waals surface area contributed by atoms with E-state index in [1.807, 2.05) is 16.3 Å². The third-order valence-electron chi connectivity index (χ3n) is 4.49. The molecule has 1 aromatic heterocycles. The molecule has 1 N–H and O–H groups in total. The minimum atomic E-state index is -3.62. The van der Waals surface area contributed by atoms with Crippen LogP contribution in [0.4, 0.5) is 0 Å². The van der Waals surface area contributed by atoms with Gasteiger partial charge in [-0.25, -0.2) is 12.7 Å². The fraction of sp³-hybridized carbons (Fsp3) is 0.600. The molecule has 0 saturated carbocycles. The van der Waals surface area contributed by atoms with Gasteiger partial charge in [-0.2, -0.15) is 0 Å². The van der Waals surface area contributed by atoms with E-state index >= 15 is 0 Å². The van der Waals surface area contributed by atoms with Crippen molar-refractivity contribution < 1.29 is 22.7 Å². The van der Waals surface area contributed by atoms with Gasteiger partial charge in [-0.1, -0.05) is 6.07 Å². The molecule has 0 radical (unpaired) electrons. The van der Waals surface area contributed by atoms with Crippen LogP contribution in [-0.2, 0) is 19.6 Å². The molecule has 2 atom stereocenters. The monoisotopic (exact) mass is 387 g/mol. The molecule has 0 aromatic carbocycles. The number of fused-ring (bicyclic) bond motifs is 1. The summed E-state index contributed by atoms with van der Waals surface area (Å²) in [6.07, 6.45) is 0.412. The Kier molecular flexibility index (Phi) is 5.42. The second-order valence-corrected chi connectivity index (χ2v) is 9.07. The average molecular weight is 387 g/mol. The number of methoxy groups -OCH3 is 1. The summed E-state index contributed by atoms with van der Waals surface area (Å²) in [5.74, 6) is -0.693. The lowest BCUT2D eigenvalue weighted by Crippen LogP contribution is -2.45. The second kappa shape index (κ2) is 7.40. The summed E-state index contributed by atoms with van der Waals surface area (Å²) in [7, 11) is -2.16. The molecule has 8 nitrogen and oxygen atoms in total. The quantitative estimate of drug-likeness (QED) is 0.748. The summed E-state index contributed by atoms with van der Waals surface area (Å²) in [5, 5.41) is 4.77. The molecule has 10 heteroatoms. The molecule has 3 rings (SSSR count). The van der Waals surface area contributed by atoms with E-state index in [9.17, 15) is 18.0 Å². The first-order valence-corrected chi connectivity index (χ1v) is 10.5. The molecule has 0 unspecified atom stereocenters. The van der Waals surface area contributed by atoms with Crippen molar-refractivity contribution in [2.45, 2.75) is 18.5 Å². The summed E-state index contributed by atoms with van der Waals surface area (Å²) in [5.41, 5.74) is 0. The Morgan fingerprint density at radius 2 is 2.28 bits per heavy atom. The van der Waals surface area contributed by atoms with E-state index in [4.69, 9.17) is 4.74 Å². The highest BCUT2D eigenvalue weighted by Crippen LogP contribution is 2.25. The number of carbonyl (C=O) groups is 2. The third kappa shape index (κ3) is 3.86. The van der Waals surface area contributed by atoms with Gasteiger partial charge in [-0.3, -0.25) is 14.5 Å². The van der Waals surface area contributed by atoms with Gasteiger partial charge in [0.25, 0.3) is 11.8 Å². The van der Waals surface area contributed by atoms with Crippen LogP contribution in [0.3, 0.4) is 0 Å². The number of thiophene rings is 1. The van der Waals surface area contributed by atoms with Crippen LogP contribution >= 0.6 is 11.3 Å². The van der Waals surface area contributed by atoms with Gasteiger partial charge in [0.1, 0.15) is 0 Å². The Morgan fingerprint density at radius 3 is 2.96 bits per heavy atom. The fourth-order valence-corrected chi connectivity index (χ4v) is 5.31. The zero-order valence-corrected chi connectivity index (χ0v) is 15.5. The van der Waals surface area contributed by atoms with E-state index in [0.29, 0.717) is 17.8 Å². The Bertz CT molecular complexity index is 734. The van der Waals surface area contributed by atoms with Crippen molar-refractivity contribution in [3.05, 3.63) is 22.4 Å². The summed E-state index contributed by atoms with van der Waals surface area (Å²) in [6, 6.07) is 2.86. The molecular formula is C15H21N3O5S2. The van der Waals surface area contributed by atoms with Crippen LogP contribution in [0, 0.1) is 0 Å². The number of carbonyl (C=O) groups excluding carboxylic acids is 2. The van der Waals surface area contributed by atoms with Crippen LogP contribution in [0.2, 0.25) is 0 Å². The van der Waals surface area contributed by atoms with E-state index < -0.39 is 22.0 Å². The van der Waals surface area contributed by atoms with Crippen molar-refractivity contribution in [1.82, 2.24) is 14.5 Å². The minimum absolute atomic E-state index is 0.0221. The second-order valence-electron chi connectivity index (χ2n) is 6.11. The molecule has 2 aliphatic rings. The van der Waals surface area contributed by atoms with Crippen LogP contribution in [0.25, 0.3) is 0 Å². The lowest BCUT2D eigenvalue weighted by atomic mass is 10.1. The molecule has 0 bridgehead atoms. The maximum atomic E-state index is 12.7. The molecule has 1 aromatic rings. The average Bonchev–Trinajstić information content (AvgIpc) is 3.21. The first-order valence-electron chi connectivity index (χ1n) is 8.04. The summed E-state index contributed by atoms with van der Waals surface area (Å²) >= 11 is 1.36. The van der Waals surface area contributed by atoms with E-state index in [1.165, 1.54) is 18.4 Å².